The molecule has 0 bridgehead atoms. The Kier molecular flexibility index (Phi) is 7.67. The van der Waals surface area contributed by atoms with E-state index >= 15 is 0 Å². The van der Waals surface area contributed by atoms with Crippen LogP contribution < -0.4 is 5.32 Å². The van der Waals surface area contributed by atoms with Crippen molar-refractivity contribution in [3.05, 3.63) is 35.4 Å². The molecule has 1 amide bonds. The van der Waals surface area contributed by atoms with Crippen LogP contribution in [0.15, 0.2) is 18.2 Å². The molecule has 0 fully saturated rings. The van der Waals surface area contributed by atoms with Gasteiger partial charge in [0.2, 0.25) is 0 Å². The maximum absolute atomic E-state index is 13.4. The van der Waals surface area contributed by atoms with Gasteiger partial charge in [0.1, 0.15) is 23.7 Å². The van der Waals surface area contributed by atoms with Crippen molar-refractivity contribution < 1.29 is 32.6 Å². The lowest BCUT2D eigenvalue weighted by atomic mass is 10.0. The summed E-state index contributed by atoms with van der Waals surface area (Å²) >= 11 is 0. The summed E-state index contributed by atoms with van der Waals surface area (Å²) in [5.41, 5.74) is -0.648. The zero-order valence-electron chi connectivity index (χ0n) is 15.2. The van der Waals surface area contributed by atoms with Crippen LogP contribution in [0, 0.1) is 11.6 Å². The van der Waals surface area contributed by atoms with Gasteiger partial charge >= 0.3 is 12.1 Å². The van der Waals surface area contributed by atoms with Crippen LogP contribution >= 0.6 is 0 Å². The van der Waals surface area contributed by atoms with E-state index in [4.69, 9.17) is 9.47 Å². The summed E-state index contributed by atoms with van der Waals surface area (Å²) in [4.78, 5) is 35.8. The number of ketones is 1. The van der Waals surface area contributed by atoms with Gasteiger partial charge in [0.15, 0.2) is 5.78 Å². The lowest BCUT2D eigenvalue weighted by Gasteiger charge is -2.23. The fourth-order valence-corrected chi connectivity index (χ4v) is 2.14. The molecule has 1 atom stereocenters. The Morgan fingerprint density at radius 2 is 1.69 bits per heavy atom. The number of hydrogen-bond donors (Lipinski definition) is 1. The van der Waals surface area contributed by atoms with Gasteiger partial charge in [0, 0.05) is 12.5 Å². The highest BCUT2D eigenvalue weighted by molar-refractivity contribution is 5.99. The third kappa shape index (κ3) is 8.04. The predicted octanol–water partition coefficient (Wildman–Crippen LogP) is 2.92. The molecule has 1 aromatic carbocycles. The molecule has 6 nitrogen and oxygen atoms in total. The molecular weight excluding hydrogens is 348 g/mol. The molecule has 1 N–H and O–H groups in total. The number of rotatable bonds is 7. The molecule has 0 radical (unpaired) electrons. The van der Waals surface area contributed by atoms with Crippen molar-refractivity contribution in [2.75, 3.05) is 6.61 Å². The molecule has 0 heterocycles. The SMILES string of the molecule is CCOC(=O)CC(=O)[C@H](Cc1cc(F)cc(F)c1)NC(=O)OC(C)(C)C. The molecule has 0 aliphatic heterocycles. The second-order valence-corrected chi connectivity index (χ2v) is 6.63. The number of carbonyl (C=O) groups is 3. The normalized spacial score (nSPS) is 12.2. The van der Waals surface area contributed by atoms with Gasteiger partial charge in [-0.25, -0.2) is 13.6 Å². The average Bonchev–Trinajstić information content (AvgIpc) is 2.43. The van der Waals surface area contributed by atoms with Gasteiger partial charge in [-0.3, -0.25) is 9.59 Å². The highest BCUT2D eigenvalue weighted by Gasteiger charge is 2.26. The fourth-order valence-electron chi connectivity index (χ4n) is 2.14. The Morgan fingerprint density at radius 3 is 2.19 bits per heavy atom. The van der Waals surface area contributed by atoms with Crippen molar-refractivity contribution in [2.45, 2.75) is 52.2 Å². The molecule has 0 saturated heterocycles. The van der Waals surface area contributed by atoms with Crippen molar-refractivity contribution in [1.29, 1.82) is 0 Å². The van der Waals surface area contributed by atoms with E-state index in [2.05, 4.69) is 5.32 Å². The van der Waals surface area contributed by atoms with Crippen LogP contribution in [0.3, 0.4) is 0 Å². The Hall–Kier alpha value is -2.51. The summed E-state index contributed by atoms with van der Waals surface area (Å²) in [5.74, 6) is -3.03. The maximum atomic E-state index is 13.4. The van der Waals surface area contributed by atoms with Crippen molar-refractivity contribution in [1.82, 2.24) is 5.32 Å². The number of hydrogen-bond acceptors (Lipinski definition) is 5. The van der Waals surface area contributed by atoms with Gasteiger partial charge < -0.3 is 14.8 Å². The number of halogens is 2. The Labute approximate surface area is 150 Å². The first-order chi connectivity index (χ1) is 12.0. The first kappa shape index (κ1) is 21.5. The lowest BCUT2D eigenvalue weighted by Crippen LogP contribution is -2.45. The van der Waals surface area contributed by atoms with Crippen LogP contribution in [0.4, 0.5) is 13.6 Å². The summed E-state index contributed by atoms with van der Waals surface area (Å²) in [6, 6.07) is 1.59. The molecule has 0 aliphatic rings. The number of carbonyl (C=O) groups excluding carboxylic acids is 3. The molecule has 0 aliphatic carbocycles. The quantitative estimate of drug-likeness (QED) is 0.589. The number of benzene rings is 1. The first-order valence-electron chi connectivity index (χ1n) is 8.13. The van der Waals surface area contributed by atoms with Crippen molar-refractivity contribution in [3.8, 4) is 0 Å². The second kappa shape index (κ2) is 9.26. The van der Waals surface area contributed by atoms with Crippen LogP contribution in [-0.4, -0.2) is 36.1 Å². The standard InChI is InChI=1S/C18H23F2NO5/c1-5-25-16(23)10-15(22)14(21-17(24)26-18(2,3)4)8-11-6-12(19)9-13(20)7-11/h6-7,9,14H,5,8,10H2,1-4H3,(H,21,24)/t14-/m0/s1. The van der Waals surface area contributed by atoms with Crippen molar-refractivity contribution >= 4 is 17.8 Å². The monoisotopic (exact) mass is 371 g/mol. The van der Waals surface area contributed by atoms with Crippen LogP contribution in [0.1, 0.15) is 39.7 Å². The van der Waals surface area contributed by atoms with Gasteiger partial charge in [-0.2, -0.15) is 0 Å². The molecule has 0 unspecified atom stereocenters. The molecule has 0 saturated carbocycles. The van der Waals surface area contributed by atoms with Crippen LogP contribution in [0.5, 0.6) is 0 Å². The summed E-state index contributed by atoms with van der Waals surface area (Å²) in [5, 5.41) is 2.34. The largest absolute Gasteiger partial charge is 0.466 e. The van der Waals surface area contributed by atoms with E-state index in [1.165, 1.54) is 0 Å². The molecular formula is C18H23F2NO5. The number of alkyl carbamates (subject to hydrolysis) is 1. The van der Waals surface area contributed by atoms with E-state index in [9.17, 15) is 23.2 Å². The summed E-state index contributed by atoms with van der Waals surface area (Å²) in [6.45, 7) is 6.62. The molecule has 0 aromatic heterocycles. The minimum atomic E-state index is -1.20. The van der Waals surface area contributed by atoms with E-state index in [1.807, 2.05) is 0 Å². The zero-order chi connectivity index (χ0) is 19.9. The topological polar surface area (TPSA) is 81.7 Å². The zero-order valence-corrected chi connectivity index (χ0v) is 15.2. The van der Waals surface area contributed by atoms with E-state index in [0.29, 0.717) is 6.07 Å². The summed E-state index contributed by atoms with van der Waals surface area (Å²) in [6.07, 6.45) is -1.66. The summed E-state index contributed by atoms with van der Waals surface area (Å²) in [7, 11) is 0. The first-order valence-corrected chi connectivity index (χ1v) is 8.13. The third-order valence-electron chi connectivity index (χ3n) is 3.07. The average molecular weight is 371 g/mol. The highest BCUT2D eigenvalue weighted by Crippen LogP contribution is 2.13. The van der Waals surface area contributed by atoms with Crippen LogP contribution in [-0.2, 0) is 25.5 Å². The van der Waals surface area contributed by atoms with E-state index in [1.54, 1.807) is 27.7 Å². The smallest absolute Gasteiger partial charge is 0.408 e. The van der Waals surface area contributed by atoms with E-state index in [-0.39, 0.29) is 18.6 Å². The number of Topliss-reactive ketones (excluding diaryl/α,β-unsaturated/α-hetero) is 1. The Bertz CT molecular complexity index is 650. The lowest BCUT2D eigenvalue weighted by molar-refractivity contribution is -0.146. The Morgan fingerprint density at radius 1 is 1.12 bits per heavy atom. The Balaban J connectivity index is 2.94. The minimum Gasteiger partial charge on any atom is -0.466 e. The van der Waals surface area contributed by atoms with Gasteiger partial charge in [-0.1, -0.05) is 0 Å². The van der Waals surface area contributed by atoms with E-state index in [0.717, 1.165) is 12.1 Å². The van der Waals surface area contributed by atoms with Crippen molar-refractivity contribution in [2.24, 2.45) is 0 Å². The van der Waals surface area contributed by atoms with Gasteiger partial charge in [-0.15, -0.1) is 0 Å². The van der Waals surface area contributed by atoms with Gasteiger partial charge in [-0.05, 0) is 45.4 Å². The van der Waals surface area contributed by atoms with E-state index < -0.39 is 47.5 Å². The molecule has 1 aromatic rings. The van der Waals surface area contributed by atoms with Crippen LogP contribution in [0.2, 0.25) is 0 Å². The molecule has 0 spiro atoms. The highest BCUT2D eigenvalue weighted by atomic mass is 19.1. The minimum absolute atomic E-state index is 0.103. The summed E-state index contributed by atoms with van der Waals surface area (Å²) < 4.78 is 36.5. The van der Waals surface area contributed by atoms with Crippen LogP contribution in [0.25, 0.3) is 0 Å². The third-order valence-corrected chi connectivity index (χ3v) is 3.07. The number of ether oxygens (including phenoxy) is 2. The fraction of sp³-hybridized carbons (Fsp3) is 0.500. The van der Waals surface area contributed by atoms with Gasteiger partial charge in [0.25, 0.3) is 0 Å². The molecule has 8 heteroatoms. The second-order valence-electron chi connectivity index (χ2n) is 6.63. The number of nitrogens with one attached hydrogen (secondary N) is 1. The molecule has 144 valence electrons. The molecule has 1 rings (SSSR count). The predicted molar refractivity (Wildman–Crippen MR) is 89.5 cm³/mol. The van der Waals surface area contributed by atoms with Crippen molar-refractivity contribution in [3.63, 3.8) is 0 Å². The number of amides is 1. The molecule has 26 heavy (non-hydrogen) atoms. The number of esters is 1. The maximum Gasteiger partial charge on any atom is 0.408 e. The van der Waals surface area contributed by atoms with Gasteiger partial charge in [0.05, 0.1) is 12.6 Å².